The van der Waals surface area contributed by atoms with E-state index >= 15 is 0 Å². The molecule has 0 bridgehead atoms. The van der Waals surface area contributed by atoms with Crippen LogP contribution in [0.5, 0.6) is 0 Å². The SMILES string of the molecule is CCC(CC)C(C)Nc1cc(Br)ccc1C(=O)O. The number of rotatable bonds is 6. The summed E-state index contributed by atoms with van der Waals surface area (Å²) in [6, 6.07) is 5.44. The number of carboxylic acids is 1. The van der Waals surface area contributed by atoms with Crippen molar-refractivity contribution in [3.8, 4) is 0 Å². The first-order valence-electron chi connectivity index (χ1n) is 6.28. The molecule has 2 N–H and O–H groups in total. The van der Waals surface area contributed by atoms with E-state index < -0.39 is 5.97 Å². The Hall–Kier alpha value is -1.03. The number of hydrogen-bond acceptors (Lipinski definition) is 2. The highest BCUT2D eigenvalue weighted by Gasteiger charge is 2.17. The minimum absolute atomic E-state index is 0.257. The van der Waals surface area contributed by atoms with Crippen molar-refractivity contribution in [2.24, 2.45) is 5.92 Å². The monoisotopic (exact) mass is 313 g/mol. The van der Waals surface area contributed by atoms with Gasteiger partial charge in [-0.05, 0) is 31.0 Å². The number of halogens is 1. The van der Waals surface area contributed by atoms with Gasteiger partial charge in [-0.2, -0.15) is 0 Å². The van der Waals surface area contributed by atoms with Crippen LogP contribution in [-0.4, -0.2) is 17.1 Å². The zero-order valence-corrected chi connectivity index (χ0v) is 12.6. The van der Waals surface area contributed by atoms with Crippen molar-refractivity contribution in [3.63, 3.8) is 0 Å². The highest BCUT2D eigenvalue weighted by Crippen LogP contribution is 2.25. The van der Waals surface area contributed by atoms with Crippen LogP contribution in [0.15, 0.2) is 22.7 Å². The molecule has 0 aromatic heterocycles. The van der Waals surface area contributed by atoms with Gasteiger partial charge in [-0.3, -0.25) is 0 Å². The molecule has 1 unspecified atom stereocenters. The fraction of sp³-hybridized carbons (Fsp3) is 0.500. The summed E-state index contributed by atoms with van der Waals surface area (Å²) in [6.07, 6.45) is 2.17. The van der Waals surface area contributed by atoms with Gasteiger partial charge in [0.2, 0.25) is 0 Å². The minimum Gasteiger partial charge on any atom is -0.478 e. The van der Waals surface area contributed by atoms with Crippen molar-refractivity contribution in [3.05, 3.63) is 28.2 Å². The molecular weight excluding hydrogens is 294 g/mol. The third-order valence-corrected chi connectivity index (χ3v) is 3.84. The molecule has 0 aliphatic heterocycles. The van der Waals surface area contributed by atoms with Crippen molar-refractivity contribution in [2.45, 2.75) is 39.7 Å². The Morgan fingerprint density at radius 1 is 1.39 bits per heavy atom. The molecule has 0 radical (unpaired) electrons. The Balaban J connectivity index is 2.95. The predicted octanol–water partition coefficient (Wildman–Crippen LogP) is 4.38. The number of anilines is 1. The van der Waals surface area contributed by atoms with E-state index in [2.05, 4.69) is 42.0 Å². The first-order valence-corrected chi connectivity index (χ1v) is 7.08. The fourth-order valence-electron chi connectivity index (χ4n) is 2.18. The molecule has 0 heterocycles. The lowest BCUT2D eigenvalue weighted by molar-refractivity contribution is 0.0698. The molecule has 0 amide bonds. The summed E-state index contributed by atoms with van der Waals surface area (Å²) in [4.78, 5) is 11.2. The highest BCUT2D eigenvalue weighted by atomic mass is 79.9. The summed E-state index contributed by atoms with van der Waals surface area (Å²) in [5.74, 6) is -0.354. The summed E-state index contributed by atoms with van der Waals surface area (Å²) >= 11 is 3.37. The number of benzene rings is 1. The summed E-state index contributed by atoms with van der Waals surface area (Å²) in [5.41, 5.74) is 0.993. The zero-order valence-electron chi connectivity index (χ0n) is 11.0. The van der Waals surface area contributed by atoms with Gasteiger partial charge >= 0.3 is 5.97 Å². The lowest BCUT2D eigenvalue weighted by atomic mass is 9.95. The van der Waals surface area contributed by atoms with Gasteiger partial charge in [-0.1, -0.05) is 42.6 Å². The average Bonchev–Trinajstić information content (AvgIpc) is 2.30. The van der Waals surface area contributed by atoms with Crippen molar-refractivity contribution in [1.82, 2.24) is 0 Å². The van der Waals surface area contributed by atoms with E-state index in [0.29, 0.717) is 17.2 Å². The summed E-state index contributed by atoms with van der Waals surface area (Å²) in [6.45, 7) is 6.42. The molecule has 100 valence electrons. The maximum Gasteiger partial charge on any atom is 0.337 e. The average molecular weight is 314 g/mol. The van der Waals surface area contributed by atoms with Crippen LogP contribution < -0.4 is 5.32 Å². The maximum absolute atomic E-state index is 11.2. The van der Waals surface area contributed by atoms with Crippen LogP contribution in [0.4, 0.5) is 5.69 Å². The number of carboxylic acid groups (broad SMARTS) is 1. The van der Waals surface area contributed by atoms with Gasteiger partial charge in [0.1, 0.15) is 0 Å². The van der Waals surface area contributed by atoms with Crippen molar-refractivity contribution < 1.29 is 9.90 Å². The maximum atomic E-state index is 11.2. The van der Waals surface area contributed by atoms with Crippen LogP contribution in [0.25, 0.3) is 0 Å². The fourth-order valence-corrected chi connectivity index (χ4v) is 2.54. The van der Waals surface area contributed by atoms with Crippen LogP contribution in [-0.2, 0) is 0 Å². The topological polar surface area (TPSA) is 49.3 Å². The largest absolute Gasteiger partial charge is 0.478 e. The molecule has 0 fully saturated rings. The van der Waals surface area contributed by atoms with Gasteiger partial charge in [-0.25, -0.2) is 4.79 Å². The van der Waals surface area contributed by atoms with E-state index in [1.165, 1.54) is 0 Å². The van der Waals surface area contributed by atoms with E-state index in [0.717, 1.165) is 17.3 Å². The van der Waals surface area contributed by atoms with E-state index in [1.54, 1.807) is 12.1 Å². The molecule has 3 nitrogen and oxygen atoms in total. The number of nitrogens with one attached hydrogen (secondary N) is 1. The Morgan fingerprint density at radius 3 is 2.50 bits per heavy atom. The Labute approximate surface area is 117 Å². The normalized spacial score (nSPS) is 12.5. The first-order chi connectivity index (χ1) is 8.49. The molecule has 0 saturated carbocycles. The van der Waals surface area contributed by atoms with Crippen LogP contribution in [0, 0.1) is 5.92 Å². The minimum atomic E-state index is -0.901. The molecule has 0 spiro atoms. The molecule has 0 aliphatic rings. The third kappa shape index (κ3) is 3.73. The van der Waals surface area contributed by atoms with E-state index in [4.69, 9.17) is 5.11 Å². The van der Waals surface area contributed by atoms with Crippen LogP contribution in [0.2, 0.25) is 0 Å². The van der Waals surface area contributed by atoms with E-state index in [1.807, 2.05) is 6.07 Å². The van der Waals surface area contributed by atoms with Crippen LogP contribution in [0.1, 0.15) is 44.0 Å². The molecule has 1 aromatic rings. The van der Waals surface area contributed by atoms with Gasteiger partial charge < -0.3 is 10.4 Å². The summed E-state index contributed by atoms with van der Waals surface area (Å²) < 4.78 is 0.881. The number of carbonyl (C=O) groups is 1. The molecule has 18 heavy (non-hydrogen) atoms. The quantitative estimate of drug-likeness (QED) is 0.819. The predicted molar refractivity (Wildman–Crippen MR) is 78.3 cm³/mol. The number of aromatic carboxylic acids is 1. The van der Waals surface area contributed by atoms with Gasteiger partial charge in [0.05, 0.1) is 11.3 Å². The van der Waals surface area contributed by atoms with Gasteiger partial charge in [0, 0.05) is 10.5 Å². The molecule has 0 saturated heterocycles. The smallest absolute Gasteiger partial charge is 0.337 e. The molecule has 0 aliphatic carbocycles. The molecule has 1 aromatic carbocycles. The van der Waals surface area contributed by atoms with Crippen LogP contribution >= 0.6 is 15.9 Å². The summed E-state index contributed by atoms with van der Waals surface area (Å²) in [5, 5.41) is 12.5. The van der Waals surface area contributed by atoms with Gasteiger partial charge in [0.15, 0.2) is 0 Å². The molecule has 4 heteroatoms. The lowest BCUT2D eigenvalue weighted by Crippen LogP contribution is -2.26. The molecular formula is C14H20BrNO2. The second kappa shape index (κ2) is 6.78. The van der Waals surface area contributed by atoms with Crippen molar-refractivity contribution in [1.29, 1.82) is 0 Å². The lowest BCUT2D eigenvalue weighted by Gasteiger charge is -2.24. The zero-order chi connectivity index (χ0) is 13.7. The second-order valence-electron chi connectivity index (χ2n) is 4.50. The van der Waals surface area contributed by atoms with Crippen molar-refractivity contribution in [2.75, 3.05) is 5.32 Å². The van der Waals surface area contributed by atoms with Crippen molar-refractivity contribution >= 4 is 27.6 Å². The van der Waals surface area contributed by atoms with Gasteiger partial charge in [0.25, 0.3) is 0 Å². The molecule has 1 atom stereocenters. The Morgan fingerprint density at radius 2 is 2.00 bits per heavy atom. The Bertz CT molecular complexity index is 416. The first kappa shape index (κ1) is 15.0. The highest BCUT2D eigenvalue weighted by molar-refractivity contribution is 9.10. The standard InChI is InChI=1S/C14H20BrNO2/c1-4-10(5-2)9(3)16-13-8-11(15)6-7-12(13)14(17)18/h6-10,16H,4-5H2,1-3H3,(H,17,18). The van der Waals surface area contributed by atoms with Gasteiger partial charge in [-0.15, -0.1) is 0 Å². The number of hydrogen-bond donors (Lipinski definition) is 2. The van der Waals surface area contributed by atoms with E-state index in [-0.39, 0.29) is 6.04 Å². The third-order valence-electron chi connectivity index (χ3n) is 3.35. The summed E-state index contributed by atoms with van der Waals surface area (Å²) in [7, 11) is 0. The molecule has 1 rings (SSSR count). The Kier molecular flexibility index (Phi) is 5.66. The van der Waals surface area contributed by atoms with Crippen LogP contribution in [0.3, 0.4) is 0 Å². The second-order valence-corrected chi connectivity index (χ2v) is 5.42. The van der Waals surface area contributed by atoms with E-state index in [9.17, 15) is 4.79 Å².